The number of hydrogen-bond donors (Lipinski definition) is 2. The Labute approximate surface area is 171 Å². The van der Waals surface area contributed by atoms with E-state index in [0.717, 1.165) is 5.56 Å². The zero-order valence-corrected chi connectivity index (χ0v) is 18.9. The van der Waals surface area contributed by atoms with Crippen LogP contribution in [0, 0.1) is 5.92 Å². The van der Waals surface area contributed by atoms with Crippen molar-refractivity contribution < 1.29 is 9.59 Å². The summed E-state index contributed by atoms with van der Waals surface area (Å²) < 4.78 is 0. The summed E-state index contributed by atoms with van der Waals surface area (Å²) >= 11 is 0. The average molecular weight is 390 g/mol. The van der Waals surface area contributed by atoms with Gasteiger partial charge in [0.2, 0.25) is 11.8 Å². The van der Waals surface area contributed by atoms with E-state index in [1.807, 2.05) is 32.6 Å². The molecule has 1 rings (SSSR count). The maximum absolute atomic E-state index is 12.7. The highest BCUT2D eigenvalue weighted by atomic mass is 16.2. The van der Waals surface area contributed by atoms with Crippen molar-refractivity contribution in [1.82, 2.24) is 15.5 Å². The fraction of sp³-hybridized carbons (Fsp3) is 0.652. The van der Waals surface area contributed by atoms with Crippen molar-refractivity contribution in [3.05, 3.63) is 35.4 Å². The van der Waals surface area contributed by atoms with Crippen LogP contribution in [-0.2, 0) is 9.59 Å². The zero-order chi connectivity index (χ0) is 21.5. The minimum Gasteiger partial charge on any atom is -0.350 e. The first-order valence-electron chi connectivity index (χ1n) is 10.4. The monoisotopic (exact) mass is 389 g/mol. The van der Waals surface area contributed by atoms with Gasteiger partial charge in [-0.15, -0.1) is 0 Å². The Balaban J connectivity index is 2.73. The summed E-state index contributed by atoms with van der Waals surface area (Å²) in [5.41, 5.74) is 2.13. The molecule has 158 valence electrons. The molecule has 0 aliphatic carbocycles. The molecule has 28 heavy (non-hydrogen) atoms. The zero-order valence-electron chi connectivity index (χ0n) is 18.9. The maximum Gasteiger partial charge on any atom is 0.234 e. The summed E-state index contributed by atoms with van der Waals surface area (Å²) in [6.45, 7) is 17.4. The standard InChI is InChI=1S/C23H39N3O2/c1-9-26(15-21(28)25-23(6,7)8)14-20(27)24-22(17(4)5)19-12-10-18(11-13-19)16(2)3/h10-13,16-17,22H,9,14-15H2,1-8H3,(H,24,27)(H,25,28)/t22-/m0/s1. The first-order chi connectivity index (χ1) is 12.9. The van der Waals surface area contributed by atoms with Gasteiger partial charge < -0.3 is 10.6 Å². The molecule has 5 heteroatoms. The van der Waals surface area contributed by atoms with Crippen LogP contribution in [-0.4, -0.2) is 41.9 Å². The Kier molecular flexibility index (Phi) is 9.15. The third-order valence-corrected chi connectivity index (χ3v) is 4.64. The van der Waals surface area contributed by atoms with Crippen LogP contribution in [0.15, 0.2) is 24.3 Å². The highest BCUT2D eigenvalue weighted by Gasteiger charge is 2.21. The largest absolute Gasteiger partial charge is 0.350 e. The first-order valence-corrected chi connectivity index (χ1v) is 10.4. The van der Waals surface area contributed by atoms with E-state index >= 15 is 0 Å². The molecule has 0 aliphatic rings. The van der Waals surface area contributed by atoms with Gasteiger partial charge in [0.05, 0.1) is 19.1 Å². The van der Waals surface area contributed by atoms with Crippen LogP contribution >= 0.6 is 0 Å². The minimum atomic E-state index is -0.274. The molecule has 2 N–H and O–H groups in total. The molecule has 1 atom stereocenters. The van der Waals surface area contributed by atoms with E-state index in [2.05, 4.69) is 62.6 Å². The summed E-state index contributed by atoms with van der Waals surface area (Å²) in [7, 11) is 0. The number of rotatable bonds is 9. The van der Waals surface area contributed by atoms with Crippen LogP contribution in [0.25, 0.3) is 0 Å². The molecule has 0 aliphatic heterocycles. The number of likely N-dealkylation sites (N-methyl/N-ethyl adjacent to an activating group) is 1. The quantitative estimate of drug-likeness (QED) is 0.674. The van der Waals surface area contributed by atoms with Crippen LogP contribution in [0.2, 0.25) is 0 Å². The molecule has 0 bridgehead atoms. The fourth-order valence-corrected chi connectivity index (χ4v) is 3.09. The molecule has 0 aromatic heterocycles. The normalized spacial score (nSPS) is 13.1. The number of carbonyl (C=O) groups is 2. The van der Waals surface area contributed by atoms with E-state index < -0.39 is 0 Å². The van der Waals surface area contributed by atoms with Crippen molar-refractivity contribution in [3.8, 4) is 0 Å². The van der Waals surface area contributed by atoms with E-state index in [1.165, 1.54) is 5.56 Å². The molecule has 0 saturated heterocycles. The van der Waals surface area contributed by atoms with Crippen LogP contribution in [0.1, 0.15) is 78.5 Å². The average Bonchev–Trinajstić information content (AvgIpc) is 2.57. The lowest BCUT2D eigenvalue weighted by Crippen LogP contribution is -2.48. The second-order valence-electron chi connectivity index (χ2n) is 9.21. The predicted octanol–water partition coefficient (Wildman–Crippen LogP) is 3.86. The van der Waals surface area contributed by atoms with Crippen LogP contribution < -0.4 is 10.6 Å². The lowest BCUT2D eigenvalue weighted by Gasteiger charge is -2.27. The highest BCUT2D eigenvalue weighted by molar-refractivity contribution is 5.81. The lowest BCUT2D eigenvalue weighted by atomic mass is 9.93. The summed E-state index contributed by atoms with van der Waals surface area (Å²) in [6.07, 6.45) is 0. The second kappa shape index (κ2) is 10.6. The van der Waals surface area contributed by atoms with Gasteiger partial charge in [-0.2, -0.15) is 0 Å². The Bertz CT molecular complexity index is 630. The Hall–Kier alpha value is -1.88. The van der Waals surface area contributed by atoms with Crippen LogP contribution in [0.5, 0.6) is 0 Å². The number of nitrogens with zero attached hydrogens (tertiary/aromatic N) is 1. The number of hydrogen-bond acceptors (Lipinski definition) is 3. The molecule has 2 amide bonds. The summed E-state index contributed by atoms with van der Waals surface area (Å²) in [6, 6.07) is 8.44. The Morgan fingerprint density at radius 3 is 1.86 bits per heavy atom. The molecule has 1 aromatic carbocycles. The number of benzene rings is 1. The van der Waals surface area contributed by atoms with Crippen LogP contribution in [0.3, 0.4) is 0 Å². The molecule has 0 unspecified atom stereocenters. The maximum atomic E-state index is 12.7. The van der Waals surface area contributed by atoms with Gasteiger partial charge >= 0.3 is 0 Å². The molecule has 1 aromatic rings. The smallest absolute Gasteiger partial charge is 0.234 e. The molecule has 0 heterocycles. The van der Waals surface area contributed by atoms with E-state index in [9.17, 15) is 9.59 Å². The molecule has 0 spiro atoms. The number of nitrogens with one attached hydrogen (secondary N) is 2. The van der Waals surface area contributed by atoms with Crippen molar-refractivity contribution >= 4 is 11.8 Å². The van der Waals surface area contributed by atoms with Gasteiger partial charge in [-0.3, -0.25) is 14.5 Å². The topological polar surface area (TPSA) is 61.4 Å². The van der Waals surface area contributed by atoms with Gasteiger partial charge in [-0.05, 0) is 50.3 Å². The molecular formula is C23H39N3O2. The van der Waals surface area contributed by atoms with Gasteiger partial charge in [0.25, 0.3) is 0 Å². The van der Waals surface area contributed by atoms with Crippen molar-refractivity contribution in [3.63, 3.8) is 0 Å². The number of amides is 2. The van der Waals surface area contributed by atoms with Gasteiger partial charge in [0.15, 0.2) is 0 Å². The summed E-state index contributed by atoms with van der Waals surface area (Å²) in [4.78, 5) is 26.7. The van der Waals surface area contributed by atoms with E-state index in [4.69, 9.17) is 0 Å². The van der Waals surface area contributed by atoms with Gasteiger partial charge in [-0.25, -0.2) is 0 Å². The van der Waals surface area contributed by atoms with Gasteiger partial charge in [-0.1, -0.05) is 58.9 Å². The van der Waals surface area contributed by atoms with Crippen molar-refractivity contribution in [2.75, 3.05) is 19.6 Å². The van der Waals surface area contributed by atoms with Gasteiger partial charge in [0, 0.05) is 5.54 Å². The third-order valence-electron chi connectivity index (χ3n) is 4.64. The highest BCUT2D eigenvalue weighted by Crippen LogP contribution is 2.24. The molecular weight excluding hydrogens is 350 g/mol. The number of carbonyl (C=O) groups excluding carboxylic acids is 2. The van der Waals surface area contributed by atoms with Gasteiger partial charge in [0.1, 0.15) is 0 Å². The van der Waals surface area contributed by atoms with E-state index in [0.29, 0.717) is 12.5 Å². The van der Waals surface area contributed by atoms with Crippen molar-refractivity contribution in [2.45, 2.75) is 72.9 Å². The lowest BCUT2D eigenvalue weighted by molar-refractivity contribution is -0.126. The second-order valence-corrected chi connectivity index (χ2v) is 9.21. The van der Waals surface area contributed by atoms with E-state index in [-0.39, 0.29) is 42.4 Å². The predicted molar refractivity (Wildman–Crippen MR) is 116 cm³/mol. The van der Waals surface area contributed by atoms with Crippen molar-refractivity contribution in [2.24, 2.45) is 5.92 Å². The van der Waals surface area contributed by atoms with Crippen molar-refractivity contribution in [1.29, 1.82) is 0 Å². The minimum absolute atomic E-state index is 0.0455. The van der Waals surface area contributed by atoms with E-state index in [1.54, 1.807) is 0 Å². The Morgan fingerprint density at radius 1 is 0.929 bits per heavy atom. The Morgan fingerprint density at radius 2 is 1.43 bits per heavy atom. The summed E-state index contributed by atoms with van der Waals surface area (Å²) in [5.74, 6) is 0.635. The molecule has 0 saturated carbocycles. The first kappa shape index (κ1) is 24.2. The van der Waals surface area contributed by atoms with Crippen LogP contribution in [0.4, 0.5) is 0 Å². The SMILES string of the molecule is CCN(CC(=O)N[C@H](c1ccc(C(C)C)cc1)C(C)C)CC(=O)NC(C)(C)C. The molecule has 0 fully saturated rings. The third kappa shape index (κ3) is 8.42. The summed E-state index contributed by atoms with van der Waals surface area (Å²) in [5, 5.41) is 6.10. The fourth-order valence-electron chi connectivity index (χ4n) is 3.09. The molecule has 5 nitrogen and oxygen atoms in total. The molecule has 0 radical (unpaired) electrons.